The number of ether oxygens (including phenoxy) is 6. The second kappa shape index (κ2) is 16.2. The van der Waals surface area contributed by atoms with Crippen LogP contribution >= 0.6 is 0 Å². The molecule has 10 nitrogen and oxygen atoms in total. The minimum atomic E-state index is -0.914. The standard InChI is InChI=1S/C42H58O10/c1-3-38(45)49-7-5-47-23-34(43)25-51-37-16-33(41-17-27-9-28(18-41)11-29(10-27)19-41)15-36(42-20-30-12-31(21-42)14-32(13-30)22-42)40(37)52-26-35(44)24-48-6-8-50-39(46)4-2/h3-4,15-16,27-32,34-35,43-44H,1-2,5-14,17-26H2. The first-order valence-corrected chi connectivity index (χ1v) is 19.7. The van der Waals surface area contributed by atoms with Gasteiger partial charge in [0.15, 0.2) is 11.5 Å². The molecule has 0 spiro atoms. The molecule has 10 heteroatoms. The summed E-state index contributed by atoms with van der Waals surface area (Å²) in [5.74, 6) is 4.82. The summed E-state index contributed by atoms with van der Waals surface area (Å²) < 4.78 is 34.4. The minimum Gasteiger partial charge on any atom is -0.487 e. The highest BCUT2D eigenvalue weighted by atomic mass is 16.6. The summed E-state index contributed by atoms with van der Waals surface area (Å²) in [7, 11) is 0. The summed E-state index contributed by atoms with van der Waals surface area (Å²) in [6.07, 6.45) is 15.6. The third-order valence-corrected chi connectivity index (χ3v) is 13.1. The number of benzene rings is 1. The molecule has 1 aromatic carbocycles. The average Bonchev–Trinajstić information content (AvgIpc) is 3.11. The topological polar surface area (TPSA) is 130 Å². The molecule has 2 unspecified atom stereocenters. The van der Waals surface area contributed by atoms with E-state index >= 15 is 0 Å². The van der Waals surface area contributed by atoms with Gasteiger partial charge in [-0.25, -0.2) is 9.59 Å². The minimum absolute atomic E-state index is 0.00157. The molecular weight excluding hydrogens is 664 g/mol. The molecule has 8 fully saturated rings. The number of rotatable bonds is 20. The van der Waals surface area contributed by atoms with Gasteiger partial charge in [0.1, 0.15) is 38.6 Å². The van der Waals surface area contributed by atoms with E-state index in [4.69, 9.17) is 28.4 Å². The van der Waals surface area contributed by atoms with Crippen LogP contribution in [0, 0.1) is 35.5 Å². The van der Waals surface area contributed by atoms with E-state index in [9.17, 15) is 19.8 Å². The Kier molecular flexibility index (Phi) is 11.7. The van der Waals surface area contributed by atoms with Crippen LogP contribution in [-0.2, 0) is 39.4 Å². The molecule has 0 radical (unpaired) electrons. The van der Waals surface area contributed by atoms with E-state index in [1.165, 1.54) is 68.9 Å². The van der Waals surface area contributed by atoms with Gasteiger partial charge in [-0.3, -0.25) is 0 Å². The van der Waals surface area contributed by atoms with E-state index < -0.39 is 24.1 Å². The van der Waals surface area contributed by atoms with Crippen LogP contribution in [0.1, 0.15) is 88.2 Å². The first-order valence-electron chi connectivity index (χ1n) is 19.7. The summed E-state index contributed by atoms with van der Waals surface area (Å²) >= 11 is 0. The molecule has 2 atom stereocenters. The quantitative estimate of drug-likeness (QED) is 0.0998. The van der Waals surface area contributed by atoms with E-state index in [1.54, 1.807) is 0 Å². The Hall–Kier alpha value is -2.92. The fraction of sp³-hybridized carbons (Fsp3) is 0.714. The van der Waals surface area contributed by atoms with Crippen molar-refractivity contribution in [3.8, 4) is 11.5 Å². The van der Waals surface area contributed by atoms with E-state index in [2.05, 4.69) is 25.3 Å². The van der Waals surface area contributed by atoms with Crippen LogP contribution in [0.3, 0.4) is 0 Å². The molecule has 8 aliphatic rings. The molecule has 8 bridgehead atoms. The van der Waals surface area contributed by atoms with Gasteiger partial charge in [-0.15, -0.1) is 0 Å². The van der Waals surface area contributed by atoms with Gasteiger partial charge in [0, 0.05) is 17.7 Å². The number of hydrogen-bond donors (Lipinski definition) is 2. The number of aliphatic hydroxyl groups is 2. The fourth-order valence-electron chi connectivity index (χ4n) is 11.9. The molecule has 286 valence electrons. The lowest BCUT2D eigenvalue weighted by atomic mass is 9.46. The monoisotopic (exact) mass is 722 g/mol. The highest BCUT2D eigenvalue weighted by Crippen LogP contribution is 2.65. The summed E-state index contributed by atoms with van der Waals surface area (Å²) in [5, 5.41) is 21.9. The number of aliphatic hydroxyl groups excluding tert-OH is 2. The van der Waals surface area contributed by atoms with Gasteiger partial charge in [-0.2, -0.15) is 0 Å². The molecule has 2 N–H and O–H groups in total. The summed E-state index contributed by atoms with van der Waals surface area (Å²) in [5.41, 5.74) is 2.73. The Morgan fingerprint density at radius 1 is 0.635 bits per heavy atom. The zero-order valence-electron chi connectivity index (χ0n) is 30.6. The fourth-order valence-corrected chi connectivity index (χ4v) is 11.9. The number of esters is 2. The molecule has 8 saturated carbocycles. The number of carbonyl (C=O) groups is 2. The molecule has 0 amide bonds. The Morgan fingerprint density at radius 3 is 1.50 bits per heavy atom. The summed E-state index contributed by atoms with van der Waals surface area (Å²) in [4.78, 5) is 22.7. The molecular formula is C42H58O10. The molecule has 1 aromatic rings. The van der Waals surface area contributed by atoms with Crippen molar-refractivity contribution < 1.29 is 48.2 Å². The Morgan fingerprint density at radius 2 is 1.06 bits per heavy atom. The predicted molar refractivity (Wildman–Crippen MR) is 193 cm³/mol. The lowest BCUT2D eigenvalue weighted by molar-refractivity contribution is -0.140. The molecule has 9 rings (SSSR count). The zero-order chi connectivity index (χ0) is 36.3. The van der Waals surface area contributed by atoms with Crippen LogP contribution in [-0.4, -0.2) is 87.2 Å². The Bertz CT molecular complexity index is 1380. The van der Waals surface area contributed by atoms with Crippen LogP contribution < -0.4 is 9.47 Å². The van der Waals surface area contributed by atoms with Crippen LogP contribution in [0.25, 0.3) is 0 Å². The van der Waals surface area contributed by atoms with Crippen LogP contribution in [0.2, 0.25) is 0 Å². The molecule has 0 saturated heterocycles. The highest BCUT2D eigenvalue weighted by Gasteiger charge is 2.55. The molecule has 0 heterocycles. The highest BCUT2D eigenvalue weighted by molar-refractivity contribution is 5.81. The van der Waals surface area contributed by atoms with Gasteiger partial charge in [0.05, 0.1) is 26.4 Å². The summed E-state index contributed by atoms with van der Waals surface area (Å²) in [6, 6.07) is 4.70. The Balaban J connectivity index is 1.14. The van der Waals surface area contributed by atoms with E-state index in [0.717, 1.165) is 66.9 Å². The normalized spacial score (nSPS) is 33.3. The van der Waals surface area contributed by atoms with Crippen molar-refractivity contribution in [2.45, 2.75) is 100 Å². The molecule has 8 aliphatic carbocycles. The first-order chi connectivity index (χ1) is 25.2. The van der Waals surface area contributed by atoms with Crippen molar-refractivity contribution in [1.82, 2.24) is 0 Å². The second-order valence-electron chi connectivity index (χ2n) is 17.1. The van der Waals surface area contributed by atoms with Crippen LogP contribution in [0.4, 0.5) is 0 Å². The van der Waals surface area contributed by atoms with Crippen molar-refractivity contribution in [3.63, 3.8) is 0 Å². The molecule has 0 aliphatic heterocycles. The average molecular weight is 723 g/mol. The number of hydrogen-bond acceptors (Lipinski definition) is 10. The summed E-state index contributed by atoms with van der Waals surface area (Å²) in [6.45, 7) is 7.30. The lowest BCUT2D eigenvalue weighted by Crippen LogP contribution is -2.50. The zero-order valence-corrected chi connectivity index (χ0v) is 30.6. The third kappa shape index (κ3) is 8.40. The van der Waals surface area contributed by atoms with Crippen LogP contribution in [0.5, 0.6) is 11.5 Å². The van der Waals surface area contributed by atoms with E-state index in [-0.39, 0.29) is 63.7 Å². The van der Waals surface area contributed by atoms with Gasteiger partial charge in [-0.05, 0) is 135 Å². The van der Waals surface area contributed by atoms with Gasteiger partial charge in [0.2, 0.25) is 0 Å². The van der Waals surface area contributed by atoms with E-state index in [1.807, 2.05) is 0 Å². The van der Waals surface area contributed by atoms with Crippen molar-refractivity contribution in [2.75, 3.05) is 52.9 Å². The second-order valence-corrected chi connectivity index (χ2v) is 17.1. The third-order valence-electron chi connectivity index (χ3n) is 13.1. The maximum atomic E-state index is 11.3. The maximum absolute atomic E-state index is 11.3. The number of carbonyl (C=O) groups excluding carboxylic acids is 2. The van der Waals surface area contributed by atoms with Crippen molar-refractivity contribution in [1.29, 1.82) is 0 Å². The van der Waals surface area contributed by atoms with Gasteiger partial charge < -0.3 is 38.6 Å². The smallest absolute Gasteiger partial charge is 0.330 e. The van der Waals surface area contributed by atoms with Crippen LogP contribution in [0.15, 0.2) is 37.4 Å². The molecule has 0 aromatic heterocycles. The van der Waals surface area contributed by atoms with Gasteiger partial charge in [0.25, 0.3) is 0 Å². The van der Waals surface area contributed by atoms with E-state index in [0.29, 0.717) is 11.5 Å². The van der Waals surface area contributed by atoms with Crippen molar-refractivity contribution >= 4 is 11.9 Å². The SMILES string of the molecule is C=CC(=O)OCCOCC(O)COc1cc(C23CC4CC(CC(C4)C2)C3)cc(C23CC4CC(CC(C4)C2)C3)c1OCC(O)COCCOC(=O)C=C. The van der Waals surface area contributed by atoms with Gasteiger partial charge >= 0.3 is 11.9 Å². The molecule has 52 heavy (non-hydrogen) atoms. The van der Waals surface area contributed by atoms with Crippen molar-refractivity contribution in [3.05, 3.63) is 48.6 Å². The van der Waals surface area contributed by atoms with Crippen molar-refractivity contribution in [2.24, 2.45) is 35.5 Å². The van der Waals surface area contributed by atoms with Gasteiger partial charge in [-0.1, -0.05) is 19.2 Å². The maximum Gasteiger partial charge on any atom is 0.330 e. The lowest BCUT2D eigenvalue weighted by Gasteiger charge is -2.58. The predicted octanol–water partition coefficient (Wildman–Crippen LogP) is 5.59. The largest absolute Gasteiger partial charge is 0.487 e. The Labute approximate surface area is 308 Å². The first kappa shape index (κ1) is 37.4.